The average Bonchev–Trinajstić information content (AvgIpc) is 3.51. The third-order valence-electron chi connectivity index (χ3n) is 5.02. The Kier molecular flexibility index (Phi) is 5.63. The smallest absolute Gasteiger partial charge is 0.333 e. The van der Waals surface area contributed by atoms with Gasteiger partial charge in [0.2, 0.25) is 11.8 Å². The zero-order valence-electron chi connectivity index (χ0n) is 15.8. The Balaban J connectivity index is 1.62. The molecule has 3 unspecified atom stereocenters. The summed E-state index contributed by atoms with van der Waals surface area (Å²) in [6.45, 7) is 1.44. The highest BCUT2D eigenvalue weighted by Crippen LogP contribution is 2.40. The first-order valence-electron chi connectivity index (χ1n) is 9.10. The van der Waals surface area contributed by atoms with Crippen molar-refractivity contribution in [1.82, 2.24) is 5.32 Å². The highest BCUT2D eigenvalue weighted by molar-refractivity contribution is 6.00. The van der Waals surface area contributed by atoms with E-state index in [1.807, 2.05) is 0 Å². The number of nitrogens with one attached hydrogen (secondary N) is 2. The largest absolute Gasteiger partial charge is 0.479 e. The number of anilines is 1. The molecule has 8 nitrogen and oxygen atoms in total. The molecule has 29 heavy (non-hydrogen) atoms. The predicted molar refractivity (Wildman–Crippen MR) is 108 cm³/mol. The number of hydrazone groups is 1. The van der Waals surface area contributed by atoms with E-state index >= 15 is 0 Å². The number of nitrogens with two attached hydrogens (primary N) is 1. The Bertz CT molecular complexity index is 943. The summed E-state index contributed by atoms with van der Waals surface area (Å²) < 4.78 is 0. The molecule has 0 saturated heterocycles. The molecule has 8 heteroatoms. The van der Waals surface area contributed by atoms with Crippen molar-refractivity contribution < 1.29 is 19.5 Å². The van der Waals surface area contributed by atoms with Crippen molar-refractivity contribution >= 4 is 29.7 Å². The van der Waals surface area contributed by atoms with E-state index in [0.717, 1.165) is 5.56 Å². The number of carbonyl (C=O) groups excluding carboxylic acids is 2. The lowest BCUT2D eigenvalue weighted by atomic mass is 9.91. The van der Waals surface area contributed by atoms with Crippen molar-refractivity contribution in [2.24, 2.45) is 22.8 Å². The minimum atomic E-state index is -1.57. The van der Waals surface area contributed by atoms with E-state index in [-0.39, 0.29) is 5.91 Å². The summed E-state index contributed by atoms with van der Waals surface area (Å²) in [6.07, 6.45) is 1.86. The molecule has 1 saturated carbocycles. The summed E-state index contributed by atoms with van der Waals surface area (Å²) >= 11 is 0. The summed E-state index contributed by atoms with van der Waals surface area (Å²) in [5, 5.41) is 18.4. The van der Waals surface area contributed by atoms with Gasteiger partial charge in [0.15, 0.2) is 5.54 Å². The van der Waals surface area contributed by atoms with Crippen molar-refractivity contribution in [2.75, 3.05) is 5.32 Å². The van der Waals surface area contributed by atoms with Gasteiger partial charge >= 0.3 is 5.97 Å². The first-order chi connectivity index (χ1) is 13.8. The highest BCUT2D eigenvalue weighted by atomic mass is 16.4. The van der Waals surface area contributed by atoms with Crippen LogP contribution in [-0.4, -0.2) is 29.1 Å². The van der Waals surface area contributed by atoms with E-state index in [1.165, 1.54) is 13.1 Å². The zero-order chi connectivity index (χ0) is 21.0. The van der Waals surface area contributed by atoms with Crippen LogP contribution < -0.4 is 16.5 Å². The van der Waals surface area contributed by atoms with Gasteiger partial charge in [-0.3, -0.25) is 9.59 Å². The van der Waals surface area contributed by atoms with Crippen LogP contribution >= 0.6 is 0 Å². The van der Waals surface area contributed by atoms with Gasteiger partial charge in [0.25, 0.3) is 0 Å². The zero-order valence-corrected chi connectivity index (χ0v) is 15.8. The maximum atomic E-state index is 12.6. The first kappa shape index (κ1) is 20.1. The molecule has 1 fully saturated rings. The molecule has 5 N–H and O–H groups in total. The molecule has 2 aromatic carbocycles. The van der Waals surface area contributed by atoms with Gasteiger partial charge in [0.05, 0.1) is 18.1 Å². The molecule has 0 radical (unpaired) electrons. The average molecular weight is 394 g/mol. The van der Waals surface area contributed by atoms with Crippen LogP contribution in [0.1, 0.15) is 24.5 Å². The summed E-state index contributed by atoms with van der Waals surface area (Å²) in [7, 11) is 0. The van der Waals surface area contributed by atoms with Crippen LogP contribution in [0.2, 0.25) is 0 Å². The molecule has 0 aliphatic heterocycles. The van der Waals surface area contributed by atoms with Crippen molar-refractivity contribution in [1.29, 1.82) is 0 Å². The quantitative estimate of drug-likeness (QED) is 0.322. The van der Waals surface area contributed by atoms with Crippen LogP contribution in [-0.2, 0) is 19.9 Å². The first-order valence-corrected chi connectivity index (χ1v) is 9.10. The fourth-order valence-electron chi connectivity index (χ4n) is 3.11. The number of carbonyl (C=O) groups is 3. The number of carboxylic acid groups (broad SMARTS) is 1. The van der Waals surface area contributed by atoms with E-state index in [2.05, 4.69) is 15.7 Å². The molecule has 0 aromatic heterocycles. The molecule has 2 amide bonds. The molecular weight excluding hydrogens is 372 g/mol. The number of benzene rings is 2. The van der Waals surface area contributed by atoms with E-state index < -0.39 is 29.3 Å². The molecule has 150 valence electrons. The fraction of sp³-hybridized carbons (Fsp3) is 0.238. The number of aliphatic carboxylic acids is 1. The minimum absolute atomic E-state index is 0.276. The second-order valence-corrected chi connectivity index (χ2v) is 7.12. The Hall–Kier alpha value is -3.68. The lowest BCUT2D eigenvalue weighted by molar-refractivity contribution is -0.147. The van der Waals surface area contributed by atoms with E-state index in [0.29, 0.717) is 17.7 Å². The Morgan fingerprint density at radius 1 is 1.07 bits per heavy atom. The van der Waals surface area contributed by atoms with Crippen LogP contribution in [0.4, 0.5) is 5.69 Å². The van der Waals surface area contributed by atoms with Crippen molar-refractivity contribution in [3.63, 3.8) is 0 Å². The lowest BCUT2D eigenvalue weighted by Crippen LogP contribution is -2.50. The molecule has 3 atom stereocenters. The van der Waals surface area contributed by atoms with Gasteiger partial charge in [-0.05, 0) is 36.6 Å². The fourth-order valence-corrected chi connectivity index (χ4v) is 3.11. The number of nitrogens with zero attached hydrogens (tertiary/aromatic N) is 1. The summed E-state index contributed by atoms with van der Waals surface area (Å²) in [5.74, 6) is 2.16. The second-order valence-electron chi connectivity index (χ2n) is 7.12. The van der Waals surface area contributed by atoms with Crippen molar-refractivity contribution in [2.45, 2.75) is 18.9 Å². The monoisotopic (exact) mass is 394 g/mol. The molecule has 1 aliphatic rings. The number of carboxylic acids is 1. The van der Waals surface area contributed by atoms with Gasteiger partial charge in [-0.2, -0.15) is 5.10 Å². The molecule has 0 bridgehead atoms. The molecule has 3 rings (SSSR count). The highest BCUT2D eigenvalue weighted by Gasteiger charge is 2.50. The summed E-state index contributed by atoms with van der Waals surface area (Å²) in [5.41, 5.74) is 0.282. The normalized spacial score (nSPS) is 19.9. The molecule has 1 aliphatic carbocycles. The predicted octanol–water partition coefficient (Wildman–Crippen LogP) is 1.67. The number of amides is 2. The summed E-state index contributed by atoms with van der Waals surface area (Å²) in [6, 6.07) is 15.4. The molecule has 0 heterocycles. The van der Waals surface area contributed by atoms with Gasteiger partial charge in [0.1, 0.15) is 0 Å². The third kappa shape index (κ3) is 4.43. The lowest BCUT2D eigenvalue weighted by Gasteiger charge is -2.27. The van der Waals surface area contributed by atoms with Crippen LogP contribution in [0.25, 0.3) is 0 Å². The SMILES string of the molecule is CC(NC(=O)C1CC1C(=O)Nc1ccc(C=NN)cc1)(C(=O)O)c1ccccc1. The van der Waals surface area contributed by atoms with Crippen LogP contribution in [0.5, 0.6) is 0 Å². The number of rotatable bonds is 7. The topological polar surface area (TPSA) is 134 Å². The Morgan fingerprint density at radius 3 is 2.28 bits per heavy atom. The molecule has 0 spiro atoms. The molecular formula is C21H22N4O4. The van der Waals surface area contributed by atoms with Crippen LogP contribution in [0.15, 0.2) is 59.7 Å². The van der Waals surface area contributed by atoms with E-state index in [9.17, 15) is 19.5 Å². The van der Waals surface area contributed by atoms with Gasteiger partial charge < -0.3 is 21.6 Å². The van der Waals surface area contributed by atoms with Gasteiger partial charge in [-0.1, -0.05) is 42.5 Å². The standard InChI is InChI=1S/C21H22N4O4/c1-21(20(28)29,14-5-3-2-4-6-14)25-19(27)17-11-16(17)18(26)24-15-9-7-13(8-10-15)12-23-22/h2-10,12,16-17H,11,22H2,1H3,(H,24,26)(H,25,27)(H,28,29). The Labute approximate surface area is 167 Å². The van der Waals surface area contributed by atoms with Gasteiger partial charge in [-0.15, -0.1) is 0 Å². The van der Waals surface area contributed by atoms with Gasteiger partial charge in [0, 0.05) is 5.69 Å². The number of hydrogen-bond donors (Lipinski definition) is 4. The van der Waals surface area contributed by atoms with Gasteiger partial charge in [-0.25, -0.2) is 4.79 Å². The van der Waals surface area contributed by atoms with Crippen LogP contribution in [0, 0.1) is 11.8 Å². The minimum Gasteiger partial charge on any atom is -0.479 e. The summed E-state index contributed by atoms with van der Waals surface area (Å²) in [4.78, 5) is 36.8. The van der Waals surface area contributed by atoms with Crippen molar-refractivity contribution in [3.8, 4) is 0 Å². The Morgan fingerprint density at radius 2 is 1.69 bits per heavy atom. The van der Waals surface area contributed by atoms with E-state index in [1.54, 1.807) is 54.6 Å². The number of hydrogen-bond acceptors (Lipinski definition) is 5. The second kappa shape index (κ2) is 8.14. The van der Waals surface area contributed by atoms with Crippen LogP contribution in [0.3, 0.4) is 0 Å². The van der Waals surface area contributed by atoms with Crippen molar-refractivity contribution in [3.05, 3.63) is 65.7 Å². The van der Waals surface area contributed by atoms with E-state index in [4.69, 9.17) is 5.84 Å². The maximum absolute atomic E-state index is 12.6. The molecule has 2 aromatic rings. The maximum Gasteiger partial charge on any atom is 0.333 e. The third-order valence-corrected chi connectivity index (χ3v) is 5.02.